The molecule has 114 valence electrons. The molecule has 3 unspecified atom stereocenters. The maximum absolute atomic E-state index is 5.66. The van der Waals surface area contributed by atoms with Crippen LogP contribution in [0.25, 0.3) is 0 Å². The molecule has 3 atom stereocenters. The smallest absolute Gasteiger partial charge is 0.140 e. The Kier molecular flexibility index (Phi) is 3.70. The van der Waals surface area contributed by atoms with Crippen molar-refractivity contribution in [3.8, 4) is 0 Å². The van der Waals surface area contributed by atoms with Crippen LogP contribution < -0.4 is 0 Å². The summed E-state index contributed by atoms with van der Waals surface area (Å²) in [5, 5.41) is 0. The van der Waals surface area contributed by atoms with E-state index in [1.54, 1.807) is 7.11 Å². The van der Waals surface area contributed by atoms with Crippen molar-refractivity contribution in [3.63, 3.8) is 0 Å². The number of methoxy groups -OCH3 is 1. The summed E-state index contributed by atoms with van der Waals surface area (Å²) in [6.45, 7) is 0.541. The molecule has 3 nitrogen and oxygen atoms in total. The van der Waals surface area contributed by atoms with Gasteiger partial charge in [0.05, 0.1) is 6.61 Å². The van der Waals surface area contributed by atoms with E-state index in [0.717, 1.165) is 12.8 Å². The van der Waals surface area contributed by atoms with E-state index in [2.05, 4.69) is 48.6 Å². The van der Waals surface area contributed by atoms with Gasteiger partial charge in [-0.25, -0.2) is 9.78 Å². The summed E-state index contributed by atoms with van der Waals surface area (Å²) in [6.07, 6.45) is 19.4. The molecule has 0 spiro atoms. The molecule has 1 heterocycles. The van der Waals surface area contributed by atoms with E-state index in [1.165, 1.54) is 22.3 Å². The molecule has 0 aromatic heterocycles. The lowest BCUT2D eigenvalue weighted by molar-refractivity contribution is -0.306. The fourth-order valence-electron chi connectivity index (χ4n) is 3.73. The molecule has 1 aliphatic heterocycles. The summed E-state index contributed by atoms with van der Waals surface area (Å²) < 4.78 is 5.22. The van der Waals surface area contributed by atoms with E-state index in [1.807, 2.05) is 0 Å². The first kappa shape index (κ1) is 13.9. The third kappa shape index (κ3) is 2.26. The van der Waals surface area contributed by atoms with Crippen LogP contribution >= 0.6 is 0 Å². The van der Waals surface area contributed by atoms with Gasteiger partial charge in [-0.2, -0.15) is 0 Å². The van der Waals surface area contributed by atoms with Crippen molar-refractivity contribution in [2.45, 2.75) is 25.0 Å². The molecule has 3 aliphatic carbocycles. The van der Waals surface area contributed by atoms with Crippen molar-refractivity contribution in [3.05, 3.63) is 70.9 Å². The lowest BCUT2D eigenvalue weighted by Gasteiger charge is -2.34. The summed E-state index contributed by atoms with van der Waals surface area (Å²) in [7, 11) is 1.69. The molecule has 3 heteroatoms. The Hall–Kier alpha value is -1.68. The number of fused-ring (bicyclic) bond motifs is 4. The van der Waals surface area contributed by atoms with Gasteiger partial charge in [0.1, 0.15) is 12.2 Å². The van der Waals surface area contributed by atoms with Crippen LogP contribution in [-0.2, 0) is 14.5 Å². The minimum atomic E-state index is -0.0705. The molecule has 0 amide bonds. The molecule has 0 radical (unpaired) electrons. The van der Waals surface area contributed by atoms with Gasteiger partial charge >= 0.3 is 0 Å². The van der Waals surface area contributed by atoms with Crippen LogP contribution in [0.3, 0.4) is 0 Å². The number of rotatable bonds is 2. The first-order valence-electron chi connectivity index (χ1n) is 7.86. The molecule has 0 aromatic rings. The maximum atomic E-state index is 5.66. The van der Waals surface area contributed by atoms with E-state index < -0.39 is 0 Å². The summed E-state index contributed by atoms with van der Waals surface area (Å²) >= 11 is 0. The second kappa shape index (κ2) is 5.84. The van der Waals surface area contributed by atoms with Crippen molar-refractivity contribution in [1.29, 1.82) is 0 Å². The van der Waals surface area contributed by atoms with Gasteiger partial charge in [0.25, 0.3) is 0 Å². The Bertz CT molecular complexity index is 646. The van der Waals surface area contributed by atoms with Gasteiger partial charge in [-0.1, -0.05) is 48.6 Å². The van der Waals surface area contributed by atoms with Crippen LogP contribution in [0, 0.1) is 5.92 Å². The zero-order valence-electron chi connectivity index (χ0n) is 12.7. The fourth-order valence-corrected chi connectivity index (χ4v) is 3.73. The predicted octanol–water partition coefficient (Wildman–Crippen LogP) is 3.59. The van der Waals surface area contributed by atoms with E-state index >= 15 is 0 Å². The van der Waals surface area contributed by atoms with Crippen LogP contribution in [0.5, 0.6) is 0 Å². The molecule has 0 aromatic carbocycles. The molecule has 4 aliphatic rings. The van der Waals surface area contributed by atoms with Crippen LogP contribution in [0.4, 0.5) is 0 Å². The molecular formula is C19H20O3. The summed E-state index contributed by atoms with van der Waals surface area (Å²) in [6, 6.07) is 0. The molecule has 1 saturated heterocycles. The summed E-state index contributed by atoms with van der Waals surface area (Å²) in [4.78, 5) is 11.1. The monoisotopic (exact) mass is 296 g/mol. The number of allylic oxidation sites excluding steroid dienone is 10. The standard InChI is InChI=1S/C19H20O3/c1-20-12-18-17-11-10-15-14-7-5-3-2-4-6-13(14)8-9-16(15)19(17)22-21-18/h2-7,10-11,16,18-19H,8-9,12H2,1H3. The van der Waals surface area contributed by atoms with Gasteiger partial charge in [0.2, 0.25) is 0 Å². The van der Waals surface area contributed by atoms with E-state index in [9.17, 15) is 0 Å². The Morgan fingerprint density at radius 2 is 1.95 bits per heavy atom. The fraction of sp³-hybridized carbons (Fsp3) is 0.368. The Morgan fingerprint density at radius 3 is 2.82 bits per heavy atom. The highest BCUT2D eigenvalue weighted by Crippen LogP contribution is 2.45. The molecule has 0 bridgehead atoms. The lowest BCUT2D eigenvalue weighted by atomic mass is 9.72. The lowest BCUT2D eigenvalue weighted by Crippen LogP contribution is -2.30. The molecule has 0 N–H and O–H groups in total. The quantitative estimate of drug-likeness (QED) is 0.729. The third-order valence-electron chi connectivity index (χ3n) is 4.79. The molecule has 1 fully saturated rings. The number of hydrogen-bond donors (Lipinski definition) is 0. The highest BCUT2D eigenvalue weighted by atomic mass is 17.2. The average Bonchev–Trinajstić information content (AvgIpc) is 2.91. The second-order valence-electron chi connectivity index (χ2n) is 6.03. The van der Waals surface area contributed by atoms with Gasteiger partial charge in [-0.05, 0) is 35.1 Å². The second-order valence-corrected chi connectivity index (χ2v) is 6.03. The third-order valence-corrected chi connectivity index (χ3v) is 4.79. The van der Waals surface area contributed by atoms with Crippen molar-refractivity contribution in [2.75, 3.05) is 13.7 Å². The summed E-state index contributed by atoms with van der Waals surface area (Å²) in [5.74, 6) is 0.377. The SMILES string of the molecule is COCC1OOC2C1=CC=C1C3=C(C=CC=CC=C3)CCC12. The van der Waals surface area contributed by atoms with Crippen LogP contribution in [0.1, 0.15) is 12.8 Å². The topological polar surface area (TPSA) is 27.7 Å². The normalized spacial score (nSPS) is 32.7. The Morgan fingerprint density at radius 1 is 1.09 bits per heavy atom. The van der Waals surface area contributed by atoms with Crippen molar-refractivity contribution in [1.82, 2.24) is 0 Å². The highest BCUT2D eigenvalue weighted by molar-refractivity contribution is 5.56. The number of ether oxygens (including phenoxy) is 1. The Balaban J connectivity index is 1.71. The predicted molar refractivity (Wildman–Crippen MR) is 85.0 cm³/mol. The van der Waals surface area contributed by atoms with Crippen molar-refractivity contribution >= 4 is 0 Å². The Labute approximate surface area is 130 Å². The van der Waals surface area contributed by atoms with Gasteiger partial charge in [0.15, 0.2) is 0 Å². The molecule has 4 rings (SSSR count). The largest absolute Gasteiger partial charge is 0.382 e. The maximum Gasteiger partial charge on any atom is 0.140 e. The van der Waals surface area contributed by atoms with Gasteiger partial charge in [-0.3, -0.25) is 0 Å². The van der Waals surface area contributed by atoms with E-state index in [0.29, 0.717) is 12.5 Å². The molecule has 22 heavy (non-hydrogen) atoms. The average molecular weight is 296 g/mol. The van der Waals surface area contributed by atoms with Gasteiger partial charge in [-0.15, -0.1) is 0 Å². The summed E-state index contributed by atoms with van der Waals surface area (Å²) in [5.41, 5.74) is 5.33. The van der Waals surface area contributed by atoms with E-state index in [4.69, 9.17) is 14.5 Å². The van der Waals surface area contributed by atoms with Gasteiger partial charge < -0.3 is 4.74 Å². The van der Waals surface area contributed by atoms with Crippen LogP contribution in [0.15, 0.2) is 70.9 Å². The van der Waals surface area contributed by atoms with Crippen LogP contribution in [0.2, 0.25) is 0 Å². The highest BCUT2D eigenvalue weighted by Gasteiger charge is 2.43. The van der Waals surface area contributed by atoms with Crippen LogP contribution in [-0.4, -0.2) is 25.9 Å². The first-order valence-corrected chi connectivity index (χ1v) is 7.86. The zero-order chi connectivity index (χ0) is 14.9. The van der Waals surface area contributed by atoms with Crippen molar-refractivity contribution < 1.29 is 14.5 Å². The van der Waals surface area contributed by atoms with Crippen molar-refractivity contribution in [2.24, 2.45) is 5.92 Å². The van der Waals surface area contributed by atoms with Gasteiger partial charge in [0, 0.05) is 13.0 Å². The zero-order valence-corrected chi connectivity index (χ0v) is 12.7. The number of hydrogen-bond acceptors (Lipinski definition) is 3. The minimum absolute atomic E-state index is 0.0348. The van der Waals surface area contributed by atoms with E-state index in [-0.39, 0.29) is 12.2 Å². The molecular weight excluding hydrogens is 276 g/mol. The molecule has 0 saturated carbocycles. The first-order chi connectivity index (χ1) is 10.9. The minimum Gasteiger partial charge on any atom is -0.382 e.